The lowest BCUT2D eigenvalue weighted by Gasteiger charge is -2.09. The molecule has 0 radical (unpaired) electrons. The summed E-state index contributed by atoms with van der Waals surface area (Å²) in [7, 11) is -3.60. The summed E-state index contributed by atoms with van der Waals surface area (Å²) in [5, 5.41) is 8.97. The SMILES string of the molecule is Cc1cc(Br)ccc1NS(=O)(=O)c1ccc(CO)s1. The zero-order valence-electron chi connectivity index (χ0n) is 10.1. The Morgan fingerprint density at radius 3 is 2.63 bits per heavy atom. The molecule has 0 unspecified atom stereocenters. The molecule has 1 aromatic carbocycles. The Balaban J connectivity index is 2.30. The van der Waals surface area contributed by atoms with Gasteiger partial charge in [0, 0.05) is 9.35 Å². The van der Waals surface area contributed by atoms with E-state index in [2.05, 4.69) is 20.7 Å². The fourth-order valence-corrected chi connectivity index (χ4v) is 4.35. The molecule has 2 aromatic rings. The highest BCUT2D eigenvalue weighted by molar-refractivity contribution is 9.10. The minimum atomic E-state index is -3.60. The van der Waals surface area contributed by atoms with Gasteiger partial charge in [-0.25, -0.2) is 8.42 Å². The van der Waals surface area contributed by atoms with Crippen LogP contribution in [0.3, 0.4) is 0 Å². The topological polar surface area (TPSA) is 66.4 Å². The lowest BCUT2D eigenvalue weighted by atomic mass is 10.2. The molecular weight excluding hydrogens is 350 g/mol. The van der Waals surface area contributed by atoms with E-state index in [1.54, 1.807) is 18.2 Å². The van der Waals surface area contributed by atoms with E-state index in [0.29, 0.717) is 10.6 Å². The molecule has 19 heavy (non-hydrogen) atoms. The van der Waals surface area contributed by atoms with Crippen LogP contribution in [-0.2, 0) is 16.6 Å². The molecule has 0 spiro atoms. The maximum atomic E-state index is 12.2. The van der Waals surface area contributed by atoms with Gasteiger partial charge in [-0.3, -0.25) is 4.72 Å². The summed E-state index contributed by atoms with van der Waals surface area (Å²) in [6.07, 6.45) is 0. The van der Waals surface area contributed by atoms with E-state index in [1.807, 2.05) is 13.0 Å². The summed E-state index contributed by atoms with van der Waals surface area (Å²) < 4.78 is 28.0. The number of hydrogen-bond donors (Lipinski definition) is 2. The standard InChI is InChI=1S/C12H12BrNO3S2/c1-8-6-9(13)2-4-11(8)14-19(16,17)12-5-3-10(7-15)18-12/h2-6,14-15H,7H2,1H3. The molecule has 2 rings (SSSR count). The normalized spacial score (nSPS) is 11.5. The molecule has 2 N–H and O–H groups in total. The van der Waals surface area contributed by atoms with Crippen LogP contribution in [0.4, 0.5) is 5.69 Å². The molecule has 4 nitrogen and oxygen atoms in total. The van der Waals surface area contributed by atoms with Crippen molar-refractivity contribution in [1.82, 2.24) is 0 Å². The monoisotopic (exact) mass is 361 g/mol. The van der Waals surface area contributed by atoms with Crippen LogP contribution >= 0.6 is 27.3 Å². The summed E-state index contributed by atoms with van der Waals surface area (Å²) in [4.78, 5) is 0.618. The van der Waals surface area contributed by atoms with E-state index >= 15 is 0 Å². The second kappa shape index (κ2) is 5.62. The van der Waals surface area contributed by atoms with E-state index < -0.39 is 10.0 Å². The highest BCUT2D eigenvalue weighted by Gasteiger charge is 2.17. The third kappa shape index (κ3) is 3.36. The number of hydrogen-bond acceptors (Lipinski definition) is 4. The van der Waals surface area contributed by atoms with Crippen molar-refractivity contribution < 1.29 is 13.5 Å². The predicted molar refractivity (Wildman–Crippen MR) is 79.9 cm³/mol. The summed E-state index contributed by atoms with van der Waals surface area (Å²) >= 11 is 4.39. The highest BCUT2D eigenvalue weighted by Crippen LogP contribution is 2.26. The largest absolute Gasteiger partial charge is 0.391 e. The molecular formula is C12H12BrNO3S2. The maximum absolute atomic E-state index is 12.2. The molecule has 0 bridgehead atoms. The van der Waals surface area contributed by atoms with Gasteiger partial charge in [0.15, 0.2) is 0 Å². The number of aryl methyl sites for hydroxylation is 1. The number of thiophene rings is 1. The Morgan fingerprint density at radius 1 is 1.32 bits per heavy atom. The van der Waals surface area contributed by atoms with Gasteiger partial charge < -0.3 is 5.11 Å². The van der Waals surface area contributed by atoms with Crippen LogP contribution in [0, 0.1) is 6.92 Å². The fourth-order valence-electron chi connectivity index (χ4n) is 1.52. The van der Waals surface area contributed by atoms with Crippen molar-refractivity contribution in [3.63, 3.8) is 0 Å². The van der Waals surface area contributed by atoms with Crippen molar-refractivity contribution in [3.05, 3.63) is 45.2 Å². The molecule has 0 atom stereocenters. The number of rotatable bonds is 4. The molecule has 1 aromatic heterocycles. The van der Waals surface area contributed by atoms with Crippen LogP contribution in [0.15, 0.2) is 39.0 Å². The van der Waals surface area contributed by atoms with Crippen LogP contribution in [-0.4, -0.2) is 13.5 Å². The van der Waals surface area contributed by atoms with Gasteiger partial charge in [-0.1, -0.05) is 15.9 Å². The summed E-state index contributed by atoms with van der Waals surface area (Å²) in [6, 6.07) is 8.42. The number of sulfonamides is 1. The number of anilines is 1. The third-order valence-corrected chi connectivity index (χ3v) is 5.91. The summed E-state index contributed by atoms with van der Waals surface area (Å²) in [5.41, 5.74) is 1.37. The predicted octanol–water partition coefficient (Wildman–Crippen LogP) is 3.11. The van der Waals surface area contributed by atoms with Crippen molar-refractivity contribution in [1.29, 1.82) is 0 Å². The van der Waals surface area contributed by atoms with Gasteiger partial charge in [-0.2, -0.15) is 0 Å². The van der Waals surface area contributed by atoms with Crippen LogP contribution in [0.25, 0.3) is 0 Å². The molecule has 7 heteroatoms. The molecule has 0 aliphatic heterocycles. The van der Waals surface area contributed by atoms with Gasteiger partial charge >= 0.3 is 0 Å². The van der Waals surface area contributed by atoms with E-state index in [9.17, 15) is 8.42 Å². The minimum Gasteiger partial charge on any atom is -0.391 e. The van der Waals surface area contributed by atoms with Crippen LogP contribution < -0.4 is 4.72 Å². The minimum absolute atomic E-state index is 0.155. The molecule has 0 fully saturated rings. The number of halogens is 1. The smallest absolute Gasteiger partial charge is 0.271 e. The number of aliphatic hydroxyl groups excluding tert-OH is 1. The Bertz CT molecular complexity index is 695. The van der Waals surface area contributed by atoms with Gasteiger partial charge in [-0.15, -0.1) is 11.3 Å². The van der Waals surface area contributed by atoms with Gasteiger partial charge in [0.2, 0.25) is 0 Å². The average molecular weight is 362 g/mol. The van der Waals surface area contributed by atoms with Crippen molar-refractivity contribution >= 4 is 43.0 Å². The lowest BCUT2D eigenvalue weighted by Crippen LogP contribution is -2.12. The van der Waals surface area contributed by atoms with Crippen LogP contribution in [0.2, 0.25) is 0 Å². The van der Waals surface area contributed by atoms with E-state index in [1.165, 1.54) is 6.07 Å². The first-order valence-electron chi connectivity index (χ1n) is 5.41. The van der Waals surface area contributed by atoms with Crippen molar-refractivity contribution in [2.75, 3.05) is 4.72 Å². The first kappa shape index (κ1) is 14.5. The summed E-state index contributed by atoms with van der Waals surface area (Å²) in [5.74, 6) is 0. The Hall–Kier alpha value is -0.890. The van der Waals surface area contributed by atoms with Crippen molar-refractivity contribution in [2.24, 2.45) is 0 Å². The molecule has 0 saturated carbocycles. The first-order valence-corrected chi connectivity index (χ1v) is 8.50. The van der Waals surface area contributed by atoms with Crippen LogP contribution in [0.5, 0.6) is 0 Å². The highest BCUT2D eigenvalue weighted by atomic mass is 79.9. The first-order chi connectivity index (χ1) is 8.92. The van der Waals surface area contributed by atoms with Gasteiger partial charge in [0.1, 0.15) is 4.21 Å². The molecule has 102 valence electrons. The molecule has 1 heterocycles. The zero-order chi connectivity index (χ0) is 14.0. The Morgan fingerprint density at radius 2 is 2.05 bits per heavy atom. The molecule has 0 saturated heterocycles. The maximum Gasteiger partial charge on any atom is 0.271 e. The van der Waals surface area contributed by atoms with Crippen LogP contribution in [0.1, 0.15) is 10.4 Å². The number of aliphatic hydroxyl groups is 1. The number of nitrogens with one attached hydrogen (secondary N) is 1. The van der Waals surface area contributed by atoms with E-state index in [-0.39, 0.29) is 10.8 Å². The van der Waals surface area contributed by atoms with Crippen molar-refractivity contribution in [3.8, 4) is 0 Å². The zero-order valence-corrected chi connectivity index (χ0v) is 13.3. The molecule has 0 amide bonds. The van der Waals surface area contributed by atoms with Crippen molar-refractivity contribution in [2.45, 2.75) is 17.7 Å². The average Bonchev–Trinajstić information content (AvgIpc) is 2.82. The number of benzene rings is 1. The van der Waals surface area contributed by atoms with E-state index in [0.717, 1.165) is 21.4 Å². The second-order valence-electron chi connectivity index (χ2n) is 3.94. The van der Waals surface area contributed by atoms with Gasteiger partial charge in [-0.05, 0) is 42.8 Å². The van der Waals surface area contributed by atoms with Gasteiger partial charge in [0.05, 0.1) is 12.3 Å². The third-order valence-electron chi connectivity index (χ3n) is 2.49. The van der Waals surface area contributed by atoms with E-state index in [4.69, 9.17) is 5.11 Å². The quantitative estimate of drug-likeness (QED) is 0.878. The molecule has 0 aliphatic rings. The summed E-state index contributed by atoms with van der Waals surface area (Å²) in [6.45, 7) is 1.67. The molecule has 0 aliphatic carbocycles. The Labute approximate surface area is 124 Å². The second-order valence-corrected chi connectivity index (χ2v) is 7.94. The van der Waals surface area contributed by atoms with Gasteiger partial charge in [0.25, 0.3) is 10.0 Å². The lowest BCUT2D eigenvalue weighted by molar-refractivity contribution is 0.285. The Kier molecular flexibility index (Phi) is 4.29. The fraction of sp³-hybridized carbons (Fsp3) is 0.167.